The molecular formula is C14H17BrN4S. The lowest BCUT2D eigenvalue weighted by Crippen LogP contribution is -2.19. The molecule has 0 saturated carbocycles. The molecule has 0 aliphatic rings. The lowest BCUT2D eigenvalue weighted by molar-refractivity contribution is 0.550. The molecule has 0 amide bonds. The van der Waals surface area contributed by atoms with E-state index in [1.54, 1.807) is 6.20 Å². The molecule has 2 rings (SSSR count). The number of hydrogen-bond acceptors (Lipinski definition) is 5. The molecule has 106 valence electrons. The second-order valence-corrected chi connectivity index (χ2v) is 6.72. The van der Waals surface area contributed by atoms with Crippen LogP contribution in [0.15, 0.2) is 45.4 Å². The second kappa shape index (κ2) is 7.71. The monoisotopic (exact) mass is 352 g/mol. The van der Waals surface area contributed by atoms with E-state index in [-0.39, 0.29) is 0 Å². The Labute approximate surface area is 132 Å². The van der Waals surface area contributed by atoms with Crippen molar-refractivity contribution in [2.75, 3.05) is 6.54 Å². The minimum absolute atomic E-state index is 0.647. The summed E-state index contributed by atoms with van der Waals surface area (Å²) < 4.78 is 0.967. The van der Waals surface area contributed by atoms with Crippen LogP contribution in [0.1, 0.15) is 19.4 Å². The van der Waals surface area contributed by atoms with Crippen molar-refractivity contribution in [1.82, 2.24) is 20.3 Å². The summed E-state index contributed by atoms with van der Waals surface area (Å²) in [6.07, 6.45) is 5.50. The lowest BCUT2D eigenvalue weighted by atomic mass is 10.2. The molecule has 2 aromatic heterocycles. The van der Waals surface area contributed by atoms with Crippen LogP contribution in [-0.2, 0) is 6.54 Å². The van der Waals surface area contributed by atoms with Gasteiger partial charge in [-0.2, -0.15) is 0 Å². The zero-order chi connectivity index (χ0) is 14.4. The highest BCUT2D eigenvalue weighted by Crippen LogP contribution is 2.23. The molecule has 2 aromatic rings. The van der Waals surface area contributed by atoms with Gasteiger partial charge in [0.05, 0.1) is 0 Å². The van der Waals surface area contributed by atoms with E-state index in [0.717, 1.165) is 28.2 Å². The Balaban J connectivity index is 1.89. The highest BCUT2D eigenvalue weighted by Gasteiger charge is 2.02. The predicted molar refractivity (Wildman–Crippen MR) is 84.6 cm³/mol. The van der Waals surface area contributed by atoms with Crippen LogP contribution >= 0.6 is 27.7 Å². The van der Waals surface area contributed by atoms with Gasteiger partial charge >= 0.3 is 0 Å². The smallest absolute Gasteiger partial charge is 0.193 e. The van der Waals surface area contributed by atoms with E-state index in [4.69, 9.17) is 0 Å². The summed E-state index contributed by atoms with van der Waals surface area (Å²) in [5.41, 5.74) is 1.10. The number of rotatable bonds is 6. The molecular weight excluding hydrogens is 336 g/mol. The Morgan fingerprint density at radius 3 is 2.50 bits per heavy atom. The van der Waals surface area contributed by atoms with Crippen molar-refractivity contribution in [3.63, 3.8) is 0 Å². The molecule has 0 aromatic carbocycles. The average Bonchev–Trinajstić information content (AvgIpc) is 2.43. The average molecular weight is 353 g/mol. The molecule has 6 heteroatoms. The molecule has 0 fully saturated rings. The van der Waals surface area contributed by atoms with Crippen molar-refractivity contribution in [3.8, 4) is 0 Å². The number of aromatic nitrogens is 3. The van der Waals surface area contributed by atoms with Crippen LogP contribution in [0.25, 0.3) is 0 Å². The quantitative estimate of drug-likeness (QED) is 0.805. The van der Waals surface area contributed by atoms with Crippen molar-refractivity contribution >= 4 is 27.7 Å². The Morgan fingerprint density at radius 1 is 1.15 bits per heavy atom. The fraction of sp³-hybridized carbons (Fsp3) is 0.357. The maximum Gasteiger partial charge on any atom is 0.193 e. The Kier molecular flexibility index (Phi) is 5.94. The Morgan fingerprint density at radius 2 is 1.90 bits per heavy atom. The molecule has 1 N–H and O–H groups in total. The van der Waals surface area contributed by atoms with Gasteiger partial charge in [-0.25, -0.2) is 15.0 Å². The van der Waals surface area contributed by atoms with Crippen molar-refractivity contribution < 1.29 is 0 Å². The van der Waals surface area contributed by atoms with Crippen LogP contribution < -0.4 is 5.32 Å². The van der Waals surface area contributed by atoms with E-state index in [2.05, 4.69) is 50.0 Å². The largest absolute Gasteiger partial charge is 0.312 e. The van der Waals surface area contributed by atoms with Crippen molar-refractivity contribution in [2.45, 2.75) is 30.6 Å². The molecule has 0 unspecified atom stereocenters. The zero-order valence-electron chi connectivity index (χ0n) is 11.5. The molecule has 0 bridgehead atoms. The lowest BCUT2D eigenvalue weighted by Gasteiger charge is -2.07. The van der Waals surface area contributed by atoms with Gasteiger partial charge in [0.25, 0.3) is 0 Å². The summed E-state index contributed by atoms with van der Waals surface area (Å²) in [6.45, 7) is 6.18. The fourth-order valence-corrected chi connectivity index (χ4v) is 2.38. The summed E-state index contributed by atoms with van der Waals surface area (Å²) in [6, 6.07) is 3.90. The Hall–Kier alpha value is -0.980. The summed E-state index contributed by atoms with van der Waals surface area (Å²) in [4.78, 5) is 13.0. The maximum atomic E-state index is 4.35. The highest BCUT2D eigenvalue weighted by atomic mass is 79.9. The predicted octanol–water partition coefficient (Wildman–Crippen LogP) is 3.53. The third-order valence-electron chi connectivity index (χ3n) is 2.46. The first-order valence-corrected chi connectivity index (χ1v) is 8.05. The maximum absolute atomic E-state index is 4.35. The highest BCUT2D eigenvalue weighted by molar-refractivity contribution is 9.10. The SMILES string of the molecule is CC(C)CNCc1cnc(Sc2ccc(Br)cn2)nc1. The van der Waals surface area contributed by atoms with E-state index in [1.807, 2.05) is 24.5 Å². The number of hydrogen-bond donors (Lipinski definition) is 1. The van der Waals surface area contributed by atoms with E-state index >= 15 is 0 Å². The van der Waals surface area contributed by atoms with E-state index in [1.165, 1.54) is 11.8 Å². The van der Waals surface area contributed by atoms with Crippen LogP contribution in [0.3, 0.4) is 0 Å². The fourth-order valence-electron chi connectivity index (χ4n) is 1.51. The number of halogens is 1. The summed E-state index contributed by atoms with van der Waals surface area (Å²) >= 11 is 4.82. The zero-order valence-corrected chi connectivity index (χ0v) is 13.9. The van der Waals surface area contributed by atoms with Crippen LogP contribution in [-0.4, -0.2) is 21.5 Å². The minimum Gasteiger partial charge on any atom is -0.312 e. The van der Waals surface area contributed by atoms with Gasteiger partial charge in [-0.3, -0.25) is 0 Å². The first-order valence-electron chi connectivity index (χ1n) is 6.44. The topological polar surface area (TPSA) is 50.7 Å². The van der Waals surface area contributed by atoms with Gasteiger partial charge in [0.1, 0.15) is 5.03 Å². The molecule has 0 radical (unpaired) electrons. The summed E-state index contributed by atoms with van der Waals surface area (Å²) in [7, 11) is 0. The second-order valence-electron chi connectivity index (χ2n) is 4.82. The van der Waals surface area contributed by atoms with Gasteiger partial charge in [0.15, 0.2) is 5.16 Å². The van der Waals surface area contributed by atoms with Gasteiger partial charge in [0, 0.05) is 35.2 Å². The molecule has 0 atom stereocenters. The molecule has 0 spiro atoms. The van der Waals surface area contributed by atoms with E-state index < -0.39 is 0 Å². The van der Waals surface area contributed by atoms with Gasteiger partial charge in [-0.15, -0.1) is 0 Å². The van der Waals surface area contributed by atoms with Crippen LogP contribution in [0, 0.1) is 5.92 Å². The summed E-state index contributed by atoms with van der Waals surface area (Å²) in [5.74, 6) is 0.647. The van der Waals surface area contributed by atoms with Gasteiger partial charge < -0.3 is 5.32 Å². The van der Waals surface area contributed by atoms with Crippen molar-refractivity contribution in [3.05, 3.63) is 40.8 Å². The number of nitrogens with zero attached hydrogens (tertiary/aromatic N) is 3. The third-order valence-corrected chi connectivity index (χ3v) is 3.77. The Bertz CT molecular complexity index is 528. The first-order chi connectivity index (χ1) is 9.63. The van der Waals surface area contributed by atoms with Crippen LogP contribution in [0.4, 0.5) is 0 Å². The third kappa shape index (κ3) is 5.19. The molecule has 0 aliphatic heterocycles. The molecule has 2 heterocycles. The summed E-state index contributed by atoms with van der Waals surface area (Å²) in [5, 5.41) is 4.98. The molecule has 20 heavy (non-hydrogen) atoms. The number of pyridine rings is 1. The van der Waals surface area contributed by atoms with Gasteiger partial charge in [-0.1, -0.05) is 13.8 Å². The first kappa shape index (κ1) is 15.4. The van der Waals surface area contributed by atoms with Crippen molar-refractivity contribution in [1.29, 1.82) is 0 Å². The van der Waals surface area contributed by atoms with Crippen LogP contribution in [0.5, 0.6) is 0 Å². The standard InChI is InChI=1S/C14H17BrN4S/c1-10(2)5-16-6-11-7-18-14(19-8-11)20-13-4-3-12(15)9-17-13/h3-4,7-10,16H,5-6H2,1-2H3. The van der Waals surface area contributed by atoms with Crippen molar-refractivity contribution in [2.24, 2.45) is 5.92 Å². The minimum atomic E-state index is 0.647. The molecule has 0 saturated heterocycles. The molecule has 4 nitrogen and oxygen atoms in total. The van der Waals surface area contributed by atoms with E-state index in [9.17, 15) is 0 Å². The van der Waals surface area contributed by atoms with E-state index in [0.29, 0.717) is 11.1 Å². The van der Waals surface area contributed by atoms with Crippen LogP contribution in [0.2, 0.25) is 0 Å². The number of nitrogens with one attached hydrogen (secondary N) is 1. The van der Waals surface area contributed by atoms with Gasteiger partial charge in [-0.05, 0) is 52.3 Å². The van der Waals surface area contributed by atoms with Gasteiger partial charge in [0.2, 0.25) is 0 Å². The normalized spacial score (nSPS) is 11.0. The molecule has 0 aliphatic carbocycles.